The molecule has 0 saturated heterocycles. The Labute approximate surface area is 193 Å². The summed E-state index contributed by atoms with van der Waals surface area (Å²) in [5, 5.41) is 5.49. The molecule has 0 aliphatic heterocycles. The molecule has 0 bridgehead atoms. The lowest BCUT2D eigenvalue weighted by Gasteiger charge is -2.14. The first-order valence-electron chi connectivity index (χ1n) is 9.41. The summed E-state index contributed by atoms with van der Waals surface area (Å²) in [7, 11) is 0. The fourth-order valence-corrected chi connectivity index (χ4v) is 3.42. The van der Waals surface area contributed by atoms with Crippen molar-refractivity contribution < 1.29 is 14.3 Å². The fraction of sp³-hybridized carbons (Fsp3) is 0.0870. The van der Waals surface area contributed by atoms with Gasteiger partial charge in [0.2, 0.25) is 0 Å². The molecule has 0 spiro atoms. The quantitative estimate of drug-likeness (QED) is 0.423. The minimum atomic E-state index is -0.599. The zero-order valence-corrected chi connectivity index (χ0v) is 18.8. The van der Waals surface area contributed by atoms with E-state index >= 15 is 0 Å². The number of ether oxygens (including phenoxy) is 1. The van der Waals surface area contributed by atoms with Crippen LogP contribution in [0, 0.1) is 0 Å². The van der Waals surface area contributed by atoms with E-state index in [1.807, 2.05) is 30.3 Å². The summed E-state index contributed by atoms with van der Waals surface area (Å²) >= 11 is 8.62. The first kappa shape index (κ1) is 22.5. The highest BCUT2D eigenvalue weighted by Gasteiger charge is 2.16. The van der Waals surface area contributed by atoms with Gasteiger partial charge in [0.05, 0.1) is 23.4 Å². The van der Waals surface area contributed by atoms with Crippen molar-refractivity contribution in [2.45, 2.75) is 6.42 Å². The van der Waals surface area contributed by atoms with Crippen LogP contribution in [0.3, 0.4) is 0 Å². The van der Waals surface area contributed by atoms with E-state index < -0.39 is 11.8 Å². The van der Waals surface area contributed by atoms with Crippen LogP contribution in [0.2, 0.25) is 0 Å². The van der Waals surface area contributed by atoms with Gasteiger partial charge in [0, 0.05) is 10.9 Å². The number of thiocarbonyl (C=S) groups is 1. The first-order chi connectivity index (χ1) is 14.9. The number of anilines is 1. The van der Waals surface area contributed by atoms with Gasteiger partial charge in [-0.1, -0.05) is 58.4 Å². The summed E-state index contributed by atoms with van der Waals surface area (Å²) in [6, 6.07) is 21.8. The molecule has 3 rings (SSSR count). The molecule has 0 unspecified atom stereocenters. The molecule has 0 atom stereocenters. The Morgan fingerprint density at radius 1 is 0.968 bits per heavy atom. The van der Waals surface area contributed by atoms with E-state index in [2.05, 4.69) is 26.6 Å². The number of hydrogen-bond donors (Lipinski definition) is 3. The van der Waals surface area contributed by atoms with Gasteiger partial charge < -0.3 is 15.8 Å². The van der Waals surface area contributed by atoms with Crippen molar-refractivity contribution in [3.8, 4) is 5.75 Å². The molecule has 0 saturated carbocycles. The second kappa shape index (κ2) is 10.7. The van der Waals surface area contributed by atoms with Gasteiger partial charge in [-0.05, 0) is 48.1 Å². The predicted molar refractivity (Wildman–Crippen MR) is 128 cm³/mol. The van der Waals surface area contributed by atoms with Gasteiger partial charge in [-0.3, -0.25) is 14.9 Å². The van der Waals surface area contributed by atoms with Crippen LogP contribution in [0.15, 0.2) is 77.3 Å². The molecule has 8 heteroatoms. The van der Waals surface area contributed by atoms with Crippen LogP contribution in [0.25, 0.3) is 0 Å². The summed E-state index contributed by atoms with van der Waals surface area (Å²) in [6.07, 6.45) is 0.710. The molecule has 0 fully saturated rings. The van der Waals surface area contributed by atoms with E-state index in [0.717, 1.165) is 10.0 Å². The Bertz CT molecular complexity index is 1110. The molecule has 0 aliphatic rings. The van der Waals surface area contributed by atoms with E-state index in [0.29, 0.717) is 30.0 Å². The summed E-state index contributed by atoms with van der Waals surface area (Å²) < 4.78 is 6.59. The Morgan fingerprint density at radius 2 is 1.68 bits per heavy atom. The number of carbonyl (C=O) groups excluding carboxylic acids is 2. The van der Waals surface area contributed by atoms with Crippen LogP contribution < -0.4 is 21.1 Å². The fourth-order valence-electron chi connectivity index (χ4n) is 2.86. The van der Waals surface area contributed by atoms with Crippen molar-refractivity contribution in [1.29, 1.82) is 0 Å². The van der Waals surface area contributed by atoms with Gasteiger partial charge in [-0.25, -0.2) is 0 Å². The molecular formula is C23H20BrN3O3S. The number of amides is 2. The van der Waals surface area contributed by atoms with Crippen LogP contribution in [-0.2, 0) is 6.42 Å². The Balaban J connectivity index is 1.67. The Hall–Kier alpha value is -3.23. The van der Waals surface area contributed by atoms with Crippen LogP contribution >= 0.6 is 28.1 Å². The zero-order valence-electron chi connectivity index (χ0n) is 16.4. The first-order valence-corrected chi connectivity index (χ1v) is 10.6. The molecule has 3 aromatic carbocycles. The number of primary amides is 1. The molecule has 0 radical (unpaired) electrons. The van der Waals surface area contributed by atoms with Crippen molar-refractivity contribution in [1.82, 2.24) is 5.32 Å². The van der Waals surface area contributed by atoms with Gasteiger partial charge in [-0.2, -0.15) is 0 Å². The Kier molecular flexibility index (Phi) is 7.75. The summed E-state index contributed by atoms with van der Waals surface area (Å²) in [5.74, 6) is -0.597. The highest BCUT2D eigenvalue weighted by molar-refractivity contribution is 9.10. The smallest absolute Gasteiger partial charge is 0.261 e. The van der Waals surface area contributed by atoms with Crippen molar-refractivity contribution in [2.75, 3.05) is 11.9 Å². The minimum absolute atomic E-state index is 0.0360. The van der Waals surface area contributed by atoms with E-state index in [1.165, 1.54) is 0 Å². The number of hydrogen-bond acceptors (Lipinski definition) is 4. The van der Waals surface area contributed by atoms with Gasteiger partial charge >= 0.3 is 0 Å². The molecule has 0 aliphatic carbocycles. The molecule has 3 aromatic rings. The standard InChI is InChI=1S/C23H20BrN3O3S/c24-16-10-11-20(30-13-12-15-6-2-1-3-7-15)18(14-16)22(29)27-23(31)26-19-9-5-4-8-17(19)21(25)28/h1-11,14H,12-13H2,(H2,25,28)(H2,26,27,29,31). The van der Waals surface area contributed by atoms with E-state index in [9.17, 15) is 9.59 Å². The number of halogens is 1. The van der Waals surface area contributed by atoms with Gasteiger partial charge in [-0.15, -0.1) is 0 Å². The normalized spacial score (nSPS) is 10.2. The minimum Gasteiger partial charge on any atom is -0.492 e. The molecular weight excluding hydrogens is 478 g/mol. The number of benzene rings is 3. The molecule has 2 amide bonds. The van der Waals surface area contributed by atoms with Crippen molar-refractivity contribution in [3.05, 3.63) is 94.0 Å². The lowest BCUT2D eigenvalue weighted by molar-refractivity contribution is 0.0971. The van der Waals surface area contributed by atoms with E-state index in [1.54, 1.807) is 42.5 Å². The lowest BCUT2D eigenvalue weighted by Crippen LogP contribution is -2.35. The van der Waals surface area contributed by atoms with Crippen molar-refractivity contribution >= 4 is 50.8 Å². The SMILES string of the molecule is NC(=O)c1ccccc1NC(=S)NC(=O)c1cc(Br)ccc1OCCc1ccccc1. The highest BCUT2D eigenvalue weighted by Crippen LogP contribution is 2.24. The number of nitrogens with one attached hydrogen (secondary N) is 2. The largest absolute Gasteiger partial charge is 0.492 e. The summed E-state index contributed by atoms with van der Waals surface area (Å²) in [6.45, 7) is 0.417. The average Bonchev–Trinajstić information content (AvgIpc) is 2.75. The third kappa shape index (κ3) is 6.37. The van der Waals surface area contributed by atoms with Crippen molar-refractivity contribution in [2.24, 2.45) is 5.73 Å². The number of rotatable bonds is 7. The van der Waals surface area contributed by atoms with Gasteiger partial charge in [0.1, 0.15) is 5.75 Å². The molecule has 0 aromatic heterocycles. The molecule has 4 N–H and O–H groups in total. The maximum Gasteiger partial charge on any atom is 0.261 e. The number of para-hydroxylation sites is 1. The Morgan fingerprint density at radius 3 is 2.42 bits per heavy atom. The topological polar surface area (TPSA) is 93.5 Å². The van der Waals surface area contributed by atoms with Crippen LogP contribution in [-0.4, -0.2) is 23.5 Å². The van der Waals surface area contributed by atoms with Gasteiger partial charge in [0.25, 0.3) is 11.8 Å². The molecule has 158 valence electrons. The van der Waals surface area contributed by atoms with E-state index in [4.69, 9.17) is 22.7 Å². The van der Waals surface area contributed by atoms with Crippen LogP contribution in [0.4, 0.5) is 5.69 Å². The van der Waals surface area contributed by atoms with Gasteiger partial charge in [0.15, 0.2) is 5.11 Å². The average molecular weight is 498 g/mol. The zero-order chi connectivity index (χ0) is 22.2. The molecule has 31 heavy (non-hydrogen) atoms. The predicted octanol–water partition coefficient (Wildman–Crippen LogP) is 4.30. The number of nitrogens with two attached hydrogens (primary N) is 1. The van der Waals surface area contributed by atoms with Crippen LogP contribution in [0.1, 0.15) is 26.3 Å². The highest BCUT2D eigenvalue weighted by atomic mass is 79.9. The van der Waals surface area contributed by atoms with E-state index in [-0.39, 0.29) is 10.7 Å². The monoisotopic (exact) mass is 497 g/mol. The maximum absolute atomic E-state index is 12.8. The third-order valence-corrected chi connectivity index (χ3v) is 5.04. The molecule has 6 nitrogen and oxygen atoms in total. The summed E-state index contributed by atoms with van der Waals surface area (Å²) in [4.78, 5) is 24.4. The number of carbonyl (C=O) groups is 2. The van der Waals surface area contributed by atoms with Crippen LogP contribution in [0.5, 0.6) is 5.75 Å². The second-order valence-electron chi connectivity index (χ2n) is 6.54. The molecule has 0 heterocycles. The second-order valence-corrected chi connectivity index (χ2v) is 7.87. The third-order valence-electron chi connectivity index (χ3n) is 4.35. The van der Waals surface area contributed by atoms with Crippen molar-refractivity contribution in [3.63, 3.8) is 0 Å². The maximum atomic E-state index is 12.8. The lowest BCUT2D eigenvalue weighted by atomic mass is 10.1. The summed E-state index contributed by atoms with van der Waals surface area (Å²) in [5.41, 5.74) is 7.53.